The van der Waals surface area contributed by atoms with Crippen LogP contribution in [0.3, 0.4) is 0 Å². The number of aromatic nitrogens is 1. The maximum atomic E-state index is 12.1. The quantitative estimate of drug-likeness (QED) is 0.720. The van der Waals surface area contributed by atoms with E-state index in [1.807, 2.05) is 13.0 Å². The third-order valence-corrected chi connectivity index (χ3v) is 5.36. The van der Waals surface area contributed by atoms with Crippen molar-refractivity contribution in [3.63, 3.8) is 0 Å². The predicted octanol–water partition coefficient (Wildman–Crippen LogP) is 3.82. The third-order valence-electron chi connectivity index (χ3n) is 3.34. The van der Waals surface area contributed by atoms with Crippen molar-refractivity contribution in [1.29, 1.82) is 0 Å². The number of hydrogen-bond acceptors (Lipinski definition) is 6. The summed E-state index contributed by atoms with van der Waals surface area (Å²) in [5, 5.41) is 14.1. The number of carboxylic acid groups (broad SMARTS) is 1. The molecule has 1 unspecified atom stereocenters. The number of anilines is 1. The second-order valence-electron chi connectivity index (χ2n) is 5.38. The number of aliphatic carboxylic acids is 1. The SMILES string of the molecule is Cc1cnc(NC(=O)c2ccc(C3CCCN3)s2)s1.O=C(O)C(F)(F)F. The van der Waals surface area contributed by atoms with Crippen LogP contribution in [-0.2, 0) is 4.79 Å². The molecule has 11 heteroatoms. The van der Waals surface area contributed by atoms with Crippen molar-refractivity contribution in [2.45, 2.75) is 32.0 Å². The zero-order valence-corrected chi connectivity index (χ0v) is 15.2. The molecule has 0 radical (unpaired) electrons. The molecule has 0 aliphatic carbocycles. The van der Waals surface area contributed by atoms with E-state index < -0.39 is 12.1 Å². The number of rotatable bonds is 3. The lowest BCUT2D eigenvalue weighted by molar-refractivity contribution is -0.192. The number of nitrogens with one attached hydrogen (secondary N) is 2. The van der Waals surface area contributed by atoms with E-state index in [0.717, 1.165) is 22.7 Å². The maximum absolute atomic E-state index is 12.1. The summed E-state index contributed by atoms with van der Waals surface area (Å²) < 4.78 is 31.7. The van der Waals surface area contributed by atoms with Gasteiger partial charge in [0.25, 0.3) is 5.91 Å². The average Bonchev–Trinajstić information content (AvgIpc) is 3.27. The number of hydrogen-bond donors (Lipinski definition) is 3. The van der Waals surface area contributed by atoms with Crippen LogP contribution in [0.1, 0.15) is 38.3 Å². The van der Waals surface area contributed by atoms with Crippen LogP contribution in [0, 0.1) is 6.92 Å². The van der Waals surface area contributed by atoms with Crippen LogP contribution in [-0.4, -0.2) is 34.7 Å². The summed E-state index contributed by atoms with van der Waals surface area (Å²) in [6, 6.07) is 4.37. The molecule has 0 bridgehead atoms. The minimum absolute atomic E-state index is 0.0661. The van der Waals surface area contributed by atoms with Gasteiger partial charge >= 0.3 is 12.1 Å². The van der Waals surface area contributed by atoms with E-state index in [4.69, 9.17) is 9.90 Å². The van der Waals surface area contributed by atoms with Crippen LogP contribution >= 0.6 is 22.7 Å². The summed E-state index contributed by atoms with van der Waals surface area (Å²) >= 11 is 3.06. The monoisotopic (exact) mass is 407 g/mol. The molecule has 3 heterocycles. The smallest absolute Gasteiger partial charge is 0.475 e. The van der Waals surface area contributed by atoms with Gasteiger partial charge in [0, 0.05) is 22.0 Å². The van der Waals surface area contributed by atoms with Crippen LogP contribution < -0.4 is 10.6 Å². The number of thiophene rings is 1. The van der Waals surface area contributed by atoms with Crippen molar-refractivity contribution < 1.29 is 27.9 Å². The fraction of sp³-hybridized carbons (Fsp3) is 0.400. The Morgan fingerprint density at radius 1 is 1.35 bits per heavy atom. The van der Waals surface area contributed by atoms with Gasteiger partial charge in [-0.1, -0.05) is 0 Å². The van der Waals surface area contributed by atoms with Gasteiger partial charge in [-0.05, 0) is 38.4 Å². The molecule has 1 aliphatic heterocycles. The summed E-state index contributed by atoms with van der Waals surface area (Å²) in [4.78, 5) is 28.2. The lowest BCUT2D eigenvalue weighted by Crippen LogP contribution is -2.21. The second-order valence-corrected chi connectivity index (χ2v) is 7.73. The van der Waals surface area contributed by atoms with Crippen LogP contribution in [0.5, 0.6) is 0 Å². The van der Waals surface area contributed by atoms with E-state index in [1.54, 1.807) is 17.5 Å². The largest absolute Gasteiger partial charge is 0.490 e. The normalized spacial score (nSPS) is 16.7. The molecular weight excluding hydrogens is 391 g/mol. The van der Waals surface area contributed by atoms with E-state index in [0.29, 0.717) is 11.2 Å². The molecule has 1 amide bonds. The fourth-order valence-electron chi connectivity index (χ4n) is 2.16. The van der Waals surface area contributed by atoms with Crippen LogP contribution in [0.25, 0.3) is 0 Å². The van der Waals surface area contributed by atoms with E-state index >= 15 is 0 Å². The number of nitrogens with zero attached hydrogens (tertiary/aromatic N) is 1. The second kappa shape index (κ2) is 8.60. The van der Waals surface area contributed by atoms with Gasteiger partial charge in [0.1, 0.15) is 0 Å². The zero-order chi connectivity index (χ0) is 19.3. The molecule has 142 valence electrons. The van der Waals surface area contributed by atoms with Gasteiger partial charge in [-0.25, -0.2) is 9.78 Å². The maximum Gasteiger partial charge on any atom is 0.490 e. The Balaban J connectivity index is 0.000000298. The van der Waals surface area contributed by atoms with Crippen molar-refractivity contribution in [2.24, 2.45) is 0 Å². The van der Waals surface area contributed by atoms with Crippen molar-refractivity contribution in [3.05, 3.63) is 33.0 Å². The molecule has 2 aromatic heterocycles. The Bertz CT molecular complexity index is 768. The summed E-state index contributed by atoms with van der Waals surface area (Å²) in [7, 11) is 0. The highest BCUT2D eigenvalue weighted by Crippen LogP contribution is 2.29. The zero-order valence-electron chi connectivity index (χ0n) is 13.6. The number of amides is 1. The standard InChI is InChI=1S/C13H15N3OS2.C2HF3O2/c1-8-7-15-13(18-8)16-12(17)11-5-4-10(19-11)9-3-2-6-14-9;3-2(4,5)1(6)7/h4-5,7,9,14H,2-3,6H2,1H3,(H,15,16,17);(H,6,7). The first-order valence-electron chi connectivity index (χ1n) is 7.54. The molecule has 3 rings (SSSR count). The number of carboxylic acids is 1. The topological polar surface area (TPSA) is 91.3 Å². The molecule has 2 aromatic rings. The molecule has 0 saturated carbocycles. The van der Waals surface area contributed by atoms with Gasteiger partial charge in [-0.2, -0.15) is 13.2 Å². The first-order valence-corrected chi connectivity index (χ1v) is 9.17. The van der Waals surface area contributed by atoms with Gasteiger partial charge < -0.3 is 10.4 Å². The highest BCUT2D eigenvalue weighted by Gasteiger charge is 2.38. The molecule has 26 heavy (non-hydrogen) atoms. The van der Waals surface area contributed by atoms with Crippen molar-refractivity contribution >= 4 is 39.7 Å². The molecule has 3 N–H and O–H groups in total. The molecule has 1 aliphatic rings. The Hall–Kier alpha value is -1.98. The third kappa shape index (κ3) is 5.78. The Morgan fingerprint density at radius 3 is 2.54 bits per heavy atom. The van der Waals surface area contributed by atoms with Crippen LogP contribution in [0.2, 0.25) is 0 Å². The number of aryl methyl sites for hydroxylation is 1. The molecule has 1 saturated heterocycles. The van der Waals surface area contributed by atoms with Gasteiger partial charge in [-0.15, -0.1) is 22.7 Å². The number of thiazole rings is 1. The van der Waals surface area contributed by atoms with Gasteiger partial charge in [0.15, 0.2) is 5.13 Å². The van der Waals surface area contributed by atoms with Crippen molar-refractivity contribution in [2.75, 3.05) is 11.9 Å². The molecule has 1 fully saturated rings. The predicted molar refractivity (Wildman–Crippen MR) is 92.8 cm³/mol. The summed E-state index contributed by atoms with van der Waals surface area (Å²) in [6.45, 7) is 3.05. The van der Waals surface area contributed by atoms with E-state index in [9.17, 15) is 18.0 Å². The first kappa shape index (κ1) is 20.3. The Kier molecular flexibility index (Phi) is 6.73. The van der Waals surface area contributed by atoms with Crippen molar-refractivity contribution in [3.8, 4) is 0 Å². The van der Waals surface area contributed by atoms with Crippen LogP contribution in [0.15, 0.2) is 18.3 Å². The molecule has 6 nitrogen and oxygen atoms in total. The summed E-state index contributed by atoms with van der Waals surface area (Å²) in [6.07, 6.45) is -0.946. The van der Waals surface area contributed by atoms with Gasteiger partial charge in [0.05, 0.1) is 4.88 Å². The molecule has 1 atom stereocenters. The average molecular weight is 407 g/mol. The fourth-order valence-corrected chi connectivity index (χ4v) is 3.83. The number of alkyl halides is 3. The van der Waals surface area contributed by atoms with E-state index in [1.165, 1.54) is 22.6 Å². The van der Waals surface area contributed by atoms with Crippen molar-refractivity contribution in [1.82, 2.24) is 10.3 Å². The Labute approximate surface area is 155 Å². The minimum Gasteiger partial charge on any atom is -0.475 e. The number of halogens is 3. The van der Waals surface area contributed by atoms with Crippen LogP contribution in [0.4, 0.5) is 18.3 Å². The first-order chi connectivity index (χ1) is 12.2. The highest BCUT2D eigenvalue weighted by atomic mass is 32.1. The minimum atomic E-state index is -5.08. The van der Waals surface area contributed by atoms with Gasteiger partial charge in [-0.3, -0.25) is 10.1 Å². The lowest BCUT2D eigenvalue weighted by Gasteiger charge is -2.05. The number of carbonyl (C=O) groups excluding carboxylic acids is 1. The molecule has 0 aromatic carbocycles. The summed E-state index contributed by atoms with van der Waals surface area (Å²) in [5.41, 5.74) is 0. The van der Waals surface area contributed by atoms with E-state index in [2.05, 4.69) is 21.7 Å². The Morgan fingerprint density at radius 2 is 2.04 bits per heavy atom. The van der Waals surface area contributed by atoms with Gasteiger partial charge in [0.2, 0.25) is 0 Å². The lowest BCUT2D eigenvalue weighted by atomic mass is 10.2. The molecule has 0 spiro atoms. The number of carbonyl (C=O) groups is 2. The summed E-state index contributed by atoms with van der Waals surface area (Å²) in [5.74, 6) is -2.82. The molecular formula is C15H16F3N3O3S2. The van der Waals surface area contributed by atoms with E-state index in [-0.39, 0.29) is 5.91 Å². The highest BCUT2D eigenvalue weighted by molar-refractivity contribution is 7.16.